The van der Waals surface area contributed by atoms with Gasteiger partial charge in [-0.25, -0.2) is 9.97 Å². The summed E-state index contributed by atoms with van der Waals surface area (Å²) in [4.78, 5) is 27.8. The minimum atomic E-state index is -0.118. The first-order valence-corrected chi connectivity index (χ1v) is 11.0. The molecular weight excluding hydrogens is 414 g/mol. The van der Waals surface area contributed by atoms with Gasteiger partial charge < -0.3 is 20.1 Å². The van der Waals surface area contributed by atoms with E-state index in [0.29, 0.717) is 36.2 Å². The fourth-order valence-electron chi connectivity index (χ4n) is 3.91. The Balaban J connectivity index is 1.72. The minimum absolute atomic E-state index is 0.0987. The number of pyridine rings is 1. The van der Waals surface area contributed by atoms with Crippen LogP contribution in [0.3, 0.4) is 0 Å². The van der Waals surface area contributed by atoms with Crippen molar-refractivity contribution in [3.05, 3.63) is 35.0 Å². The maximum atomic E-state index is 12.2. The molecular formula is C22H25N5O3S. The van der Waals surface area contributed by atoms with Crippen molar-refractivity contribution < 1.29 is 14.3 Å². The van der Waals surface area contributed by atoms with Crippen molar-refractivity contribution >= 4 is 50.9 Å². The lowest BCUT2D eigenvalue weighted by Crippen LogP contribution is -2.23. The number of ether oxygens (including phenoxy) is 2. The molecule has 1 aliphatic rings. The van der Waals surface area contributed by atoms with Crippen molar-refractivity contribution in [2.75, 3.05) is 31.4 Å². The van der Waals surface area contributed by atoms with Crippen LogP contribution in [0.5, 0.6) is 5.88 Å². The number of anilines is 3. The minimum Gasteiger partial charge on any atom is -0.479 e. The van der Waals surface area contributed by atoms with Gasteiger partial charge in [0.15, 0.2) is 0 Å². The van der Waals surface area contributed by atoms with Crippen LogP contribution in [0.1, 0.15) is 29.3 Å². The highest BCUT2D eigenvalue weighted by atomic mass is 32.1. The summed E-state index contributed by atoms with van der Waals surface area (Å²) in [6.07, 6.45) is 5.50. The SMILES string of the molecule is C=Cc1cc(Nc2ncnc3sc4c(c23)CCC(C(=O)OCC)C4)c(OC)nc1NC. The molecule has 0 radical (unpaired) electrons. The van der Waals surface area contributed by atoms with Crippen molar-refractivity contribution in [1.82, 2.24) is 15.0 Å². The molecule has 8 nitrogen and oxygen atoms in total. The van der Waals surface area contributed by atoms with Crippen LogP contribution >= 0.6 is 11.3 Å². The van der Waals surface area contributed by atoms with Crippen LogP contribution in [0, 0.1) is 5.92 Å². The van der Waals surface area contributed by atoms with Crippen LogP contribution in [0.15, 0.2) is 19.0 Å². The average Bonchev–Trinajstić information content (AvgIpc) is 3.17. The third-order valence-corrected chi connectivity index (χ3v) is 6.55. The van der Waals surface area contributed by atoms with Crippen molar-refractivity contribution in [2.45, 2.75) is 26.2 Å². The van der Waals surface area contributed by atoms with Gasteiger partial charge in [-0.1, -0.05) is 12.7 Å². The maximum absolute atomic E-state index is 12.2. The van der Waals surface area contributed by atoms with Crippen LogP contribution in [-0.2, 0) is 22.4 Å². The Bertz CT molecular complexity index is 1140. The second-order valence-electron chi connectivity index (χ2n) is 7.16. The molecule has 3 aromatic heterocycles. The highest BCUT2D eigenvalue weighted by molar-refractivity contribution is 7.19. The summed E-state index contributed by atoms with van der Waals surface area (Å²) in [5.74, 6) is 1.62. The van der Waals surface area contributed by atoms with E-state index in [1.165, 1.54) is 10.4 Å². The summed E-state index contributed by atoms with van der Waals surface area (Å²) in [5, 5.41) is 7.42. The Morgan fingerprint density at radius 1 is 1.39 bits per heavy atom. The first kappa shape index (κ1) is 21.0. The molecule has 2 N–H and O–H groups in total. The third-order valence-electron chi connectivity index (χ3n) is 5.39. The van der Waals surface area contributed by atoms with Gasteiger partial charge in [-0.2, -0.15) is 4.98 Å². The fraction of sp³-hybridized carbons (Fsp3) is 0.364. The normalized spacial score (nSPS) is 15.3. The lowest BCUT2D eigenvalue weighted by atomic mass is 9.88. The van der Waals surface area contributed by atoms with Gasteiger partial charge in [0.05, 0.1) is 25.0 Å². The number of aryl methyl sites for hydroxylation is 1. The van der Waals surface area contributed by atoms with Crippen molar-refractivity contribution in [3.63, 3.8) is 0 Å². The van der Waals surface area contributed by atoms with Gasteiger partial charge in [0.2, 0.25) is 5.88 Å². The van der Waals surface area contributed by atoms with Crippen molar-refractivity contribution in [2.24, 2.45) is 5.92 Å². The van der Waals surface area contributed by atoms with E-state index in [9.17, 15) is 4.79 Å². The summed E-state index contributed by atoms with van der Waals surface area (Å²) in [6.45, 7) is 6.11. The Labute approximate surface area is 184 Å². The number of carbonyl (C=O) groups is 1. The smallest absolute Gasteiger partial charge is 0.309 e. The molecule has 31 heavy (non-hydrogen) atoms. The second kappa shape index (κ2) is 8.89. The molecule has 0 amide bonds. The predicted octanol–water partition coefficient (Wildman–Crippen LogP) is 4.19. The molecule has 3 heterocycles. The van der Waals surface area contributed by atoms with Crippen LogP contribution < -0.4 is 15.4 Å². The number of hydrogen-bond acceptors (Lipinski definition) is 9. The van der Waals surface area contributed by atoms with Crippen LogP contribution in [-0.4, -0.2) is 41.7 Å². The monoisotopic (exact) mass is 439 g/mol. The van der Waals surface area contributed by atoms with Crippen LogP contribution in [0.25, 0.3) is 16.3 Å². The molecule has 0 aliphatic heterocycles. The lowest BCUT2D eigenvalue weighted by molar-refractivity contribution is -0.148. The zero-order valence-electron chi connectivity index (χ0n) is 17.8. The Morgan fingerprint density at radius 2 is 2.23 bits per heavy atom. The van der Waals surface area contributed by atoms with E-state index in [4.69, 9.17) is 9.47 Å². The molecule has 3 aromatic rings. The van der Waals surface area contributed by atoms with E-state index in [0.717, 1.165) is 28.6 Å². The fourth-order valence-corrected chi connectivity index (χ4v) is 5.17. The van der Waals surface area contributed by atoms with E-state index in [2.05, 4.69) is 32.2 Å². The molecule has 1 unspecified atom stereocenters. The van der Waals surface area contributed by atoms with Gasteiger partial charge in [0, 0.05) is 17.5 Å². The molecule has 0 fully saturated rings. The van der Waals surface area contributed by atoms with Gasteiger partial charge in [0.1, 0.15) is 28.5 Å². The van der Waals surface area contributed by atoms with Crippen LogP contribution in [0.2, 0.25) is 0 Å². The predicted molar refractivity (Wildman–Crippen MR) is 123 cm³/mol. The number of methoxy groups -OCH3 is 1. The van der Waals surface area contributed by atoms with Crippen molar-refractivity contribution in [1.29, 1.82) is 0 Å². The molecule has 9 heteroatoms. The van der Waals surface area contributed by atoms with E-state index in [1.54, 1.807) is 37.9 Å². The summed E-state index contributed by atoms with van der Waals surface area (Å²) in [6, 6.07) is 1.92. The van der Waals surface area contributed by atoms with Gasteiger partial charge in [-0.3, -0.25) is 4.79 Å². The van der Waals surface area contributed by atoms with Gasteiger partial charge in [-0.15, -0.1) is 11.3 Å². The molecule has 1 atom stereocenters. The summed E-state index contributed by atoms with van der Waals surface area (Å²) in [5.41, 5.74) is 2.74. The zero-order chi connectivity index (χ0) is 22.0. The molecule has 1 aliphatic carbocycles. The number of rotatable bonds is 7. The Morgan fingerprint density at radius 3 is 2.94 bits per heavy atom. The number of thiophene rings is 1. The molecule has 4 rings (SSSR count). The summed E-state index contributed by atoms with van der Waals surface area (Å²) < 4.78 is 10.7. The summed E-state index contributed by atoms with van der Waals surface area (Å²) in [7, 11) is 3.38. The van der Waals surface area contributed by atoms with E-state index in [-0.39, 0.29) is 11.9 Å². The number of fused-ring (bicyclic) bond motifs is 3. The van der Waals surface area contributed by atoms with E-state index >= 15 is 0 Å². The molecule has 0 saturated heterocycles. The van der Waals surface area contributed by atoms with Gasteiger partial charge >= 0.3 is 5.97 Å². The average molecular weight is 440 g/mol. The highest BCUT2D eigenvalue weighted by Crippen LogP contribution is 2.41. The molecule has 0 aromatic carbocycles. The Hall–Kier alpha value is -3.20. The number of aromatic nitrogens is 3. The topological polar surface area (TPSA) is 98.3 Å². The van der Waals surface area contributed by atoms with E-state index in [1.807, 2.05) is 13.0 Å². The Kier molecular flexibility index (Phi) is 6.03. The number of nitrogens with zero attached hydrogens (tertiary/aromatic N) is 3. The summed E-state index contributed by atoms with van der Waals surface area (Å²) >= 11 is 1.62. The zero-order valence-corrected chi connectivity index (χ0v) is 18.6. The van der Waals surface area contributed by atoms with Crippen molar-refractivity contribution in [3.8, 4) is 5.88 Å². The van der Waals surface area contributed by atoms with E-state index < -0.39 is 0 Å². The van der Waals surface area contributed by atoms with Crippen LogP contribution in [0.4, 0.5) is 17.3 Å². The first-order chi connectivity index (χ1) is 15.1. The maximum Gasteiger partial charge on any atom is 0.309 e. The molecule has 162 valence electrons. The molecule has 0 bridgehead atoms. The van der Waals surface area contributed by atoms with Gasteiger partial charge in [-0.05, 0) is 37.8 Å². The standard InChI is InChI=1S/C22H25N5O3S/c1-5-12-9-15(20(29-4)27-18(12)23-3)26-19-17-14-8-7-13(22(28)30-6-2)10-16(14)31-21(17)25-11-24-19/h5,9,11,13H,1,6-8,10H2,2-4H3,(H,23,27)(H,24,25,26). The lowest BCUT2D eigenvalue weighted by Gasteiger charge is -2.21. The second-order valence-corrected chi connectivity index (χ2v) is 8.24. The number of carbonyl (C=O) groups excluding carboxylic acids is 1. The number of hydrogen-bond donors (Lipinski definition) is 2. The number of esters is 1. The largest absolute Gasteiger partial charge is 0.479 e. The molecule has 0 saturated carbocycles. The number of nitrogens with one attached hydrogen (secondary N) is 2. The van der Waals surface area contributed by atoms with Gasteiger partial charge in [0.25, 0.3) is 0 Å². The highest BCUT2D eigenvalue weighted by Gasteiger charge is 2.30. The first-order valence-electron chi connectivity index (χ1n) is 10.2. The quantitative estimate of drug-likeness (QED) is 0.529. The molecule has 0 spiro atoms. The third kappa shape index (κ3) is 3.93.